The number of fused-ring (bicyclic) bond motifs is 2. The lowest BCUT2D eigenvalue weighted by atomic mass is 9.87. The Labute approximate surface area is 207 Å². The molecule has 0 aliphatic carbocycles. The molecule has 0 saturated carbocycles. The fraction of sp³-hybridized carbons (Fsp3) is 0.370. The summed E-state index contributed by atoms with van der Waals surface area (Å²) >= 11 is 0. The van der Waals surface area contributed by atoms with Crippen LogP contribution in [-0.4, -0.2) is 36.0 Å². The van der Waals surface area contributed by atoms with Crippen LogP contribution in [0.2, 0.25) is 0 Å². The molecule has 0 spiro atoms. The minimum absolute atomic E-state index is 0.126. The topological polar surface area (TPSA) is 55.4 Å². The molecule has 1 amide bonds. The summed E-state index contributed by atoms with van der Waals surface area (Å²) in [6.45, 7) is 7.82. The predicted molar refractivity (Wildman–Crippen MR) is 130 cm³/mol. The number of halogens is 3. The van der Waals surface area contributed by atoms with E-state index < -0.39 is 17.5 Å². The number of hydrogen-bond acceptors (Lipinski definition) is 3. The van der Waals surface area contributed by atoms with E-state index in [4.69, 9.17) is 5.10 Å². The number of imidazole rings is 1. The molecule has 0 unspecified atom stereocenters. The van der Waals surface area contributed by atoms with Crippen molar-refractivity contribution in [2.24, 2.45) is 7.05 Å². The first-order valence-electron chi connectivity index (χ1n) is 12.1. The largest absolute Gasteiger partial charge is 0.325 e. The molecule has 3 aromatic heterocycles. The third-order valence-corrected chi connectivity index (χ3v) is 7.17. The van der Waals surface area contributed by atoms with E-state index in [0.717, 1.165) is 28.9 Å². The number of rotatable bonds is 4. The van der Waals surface area contributed by atoms with Crippen LogP contribution in [0.25, 0.3) is 16.9 Å². The number of aromatic nitrogens is 4. The van der Waals surface area contributed by atoms with Gasteiger partial charge in [0.15, 0.2) is 17.5 Å². The first kappa shape index (κ1) is 24.1. The zero-order chi connectivity index (χ0) is 25.9. The van der Waals surface area contributed by atoms with E-state index >= 15 is 0 Å². The highest BCUT2D eigenvalue weighted by Gasteiger charge is 2.41. The fourth-order valence-corrected chi connectivity index (χ4v) is 5.51. The van der Waals surface area contributed by atoms with Crippen LogP contribution in [0.5, 0.6) is 0 Å². The fourth-order valence-electron chi connectivity index (χ4n) is 5.51. The molecule has 1 aliphatic heterocycles. The molecule has 0 radical (unpaired) electrons. The van der Waals surface area contributed by atoms with E-state index in [9.17, 15) is 18.0 Å². The van der Waals surface area contributed by atoms with Crippen molar-refractivity contribution >= 4 is 11.6 Å². The van der Waals surface area contributed by atoms with Gasteiger partial charge in [-0.3, -0.25) is 13.9 Å². The number of benzene rings is 1. The standard InChI is InChI=1S/C27H28F3N5O/c1-6-17-13-18-24(32-33(5)26(18)16-11-19(28)23(30)20(29)12-16)21(7-2)35(17)27(36)25-15(4)31-22-10-14(3)8-9-34(22)25/h8-12,17,21H,6-7,13H2,1-5H3/t17-,21+/m0/s1. The van der Waals surface area contributed by atoms with Gasteiger partial charge in [0.05, 0.1) is 23.1 Å². The van der Waals surface area contributed by atoms with Crippen LogP contribution in [0.1, 0.15) is 65.7 Å². The smallest absolute Gasteiger partial charge is 0.273 e. The zero-order valence-corrected chi connectivity index (χ0v) is 20.9. The molecule has 4 aromatic rings. The van der Waals surface area contributed by atoms with Crippen LogP contribution < -0.4 is 0 Å². The van der Waals surface area contributed by atoms with Crippen LogP contribution in [-0.2, 0) is 13.5 Å². The molecule has 6 nitrogen and oxygen atoms in total. The highest BCUT2D eigenvalue weighted by atomic mass is 19.2. The summed E-state index contributed by atoms with van der Waals surface area (Å²) in [5, 5.41) is 4.70. The molecular weight excluding hydrogens is 467 g/mol. The third-order valence-electron chi connectivity index (χ3n) is 7.17. The van der Waals surface area contributed by atoms with Crippen LogP contribution >= 0.6 is 0 Å². The van der Waals surface area contributed by atoms with E-state index in [1.165, 1.54) is 0 Å². The first-order valence-corrected chi connectivity index (χ1v) is 12.1. The highest BCUT2D eigenvalue weighted by Crippen LogP contribution is 2.41. The average molecular weight is 496 g/mol. The van der Waals surface area contributed by atoms with Crippen LogP contribution in [0.4, 0.5) is 13.2 Å². The van der Waals surface area contributed by atoms with Crippen molar-refractivity contribution in [1.82, 2.24) is 24.1 Å². The highest BCUT2D eigenvalue weighted by molar-refractivity contribution is 5.95. The van der Waals surface area contributed by atoms with E-state index in [1.807, 2.05) is 55.3 Å². The Balaban J connectivity index is 1.64. The Kier molecular flexibility index (Phi) is 5.89. The van der Waals surface area contributed by atoms with Crippen molar-refractivity contribution in [2.75, 3.05) is 0 Å². The average Bonchev–Trinajstić information content (AvgIpc) is 3.34. The second-order valence-electron chi connectivity index (χ2n) is 9.47. The predicted octanol–water partition coefficient (Wildman–Crippen LogP) is 5.70. The van der Waals surface area contributed by atoms with Crippen molar-refractivity contribution in [3.63, 3.8) is 0 Å². The van der Waals surface area contributed by atoms with Crippen molar-refractivity contribution in [1.29, 1.82) is 0 Å². The van der Waals surface area contributed by atoms with Gasteiger partial charge in [-0.2, -0.15) is 5.10 Å². The number of nitrogens with zero attached hydrogens (tertiary/aromatic N) is 5. The Bertz CT molecular complexity index is 1480. The van der Waals surface area contributed by atoms with Crippen molar-refractivity contribution in [3.8, 4) is 11.3 Å². The van der Waals surface area contributed by atoms with Crippen molar-refractivity contribution in [2.45, 2.75) is 59.0 Å². The van der Waals surface area contributed by atoms with Gasteiger partial charge in [-0.05, 0) is 62.9 Å². The number of hydrogen-bond donors (Lipinski definition) is 0. The number of pyridine rings is 1. The van der Waals surface area contributed by atoms with Crippen molar-refractivity contribution < 1.29 is 18.0 Å². The summed E-state index contributed by atoms with van der Waals surface area (Å²) in [6.07, 6.45) is 3.61. The number of carbonyl (C=O) groups excluding carboxylic acids is 1. The summed E-state index contributed by atoms with van der Waals surface area (Å²) in [5.41, 5.74) is 5.23. The van der Waals surface area contributed by atoms with Gasteiger partial charge in [-0.1, -0.05) is 13.8 Å². The second-order valence-corrected chi connectivity index (χ2v) is 9.47. The zero-order valence-electron chi connectivity index (χ0n) is 20.9. The van der Waals surface area contributed by atoms with Crippen molar-refractivity contribution in [3.05, 3.63) is 76.1 Å². The minimum Gasteiger partial charge on any atom is -0.325 e. The molecule has 36 heavy (non-hydrogen) atoms. The molecular formula is C27H28F3N5O. The maximum Gasteiger partial charge on any atom is 0.273 e. The Morgan fingerprint density at radius 2 is 1.78 bits per heavy atom. The monoisotopic (exact) mass is 495 g/mol. The molecule has 0 fully saturated rings. The summed E-state index contributed by atoms with van der Waals surface area (Å²) in [6, 6.07) is 5.39. The maximum atomic E-state index is 14.1. The van der Waals surface area contributed by atoms with Gasteiger partial charge >= 0.3 is 0 Å². The lowest BCUT2D eigenvalue weighted by Crippen LogP contribution is -2.47. The van der Waals surface area contributed by atoms with Crippen LogP contribution in [0.15, 0.2) is 30.5 Å². The quantitative estimate of drug-likeness (QED) is 0.342. The van der Waals surface area contributed by atoms with E-state index in [1.54, 1.807) is 11.7 Å². The molecule has 5 rings (SSSR count). The number of aryl methyl sites for hydroxylation is 3. The Morgan fingerprint density at radius 1 is 1.08 bits per heavy atom. The van der Waals surface area contributed by atoms with Gasteiger partial charge in [-0.25, -0.2) is 18.2 Å². The number of carbonyl (C=O) groups is 1. The molecule has 0 bridgehead atoms. The molecule has 188 valence electrons. The normalized spacial score (nSPS) is 17.6. The van der Waals surface area contributed by atoms with Gasteiger partial charge in [-0.15, -0.1) is 0 Å². The van der Waals surface area contributed by atoms with E-state index in [2.05, 4.69) is 4.98 Å². The van der Waals surface area contributed by atoms with Gasteiger partial charge in [0.25, 0.3) is 5.91 Å². The van der Waals surface area contributed by atoms with Gasteiger partial charge in [0.1, 0.15) is 11.3 Å². The van der Waals surface area contributed by atoms with E-state index in [0.29, 0.717) is 42.0 Å². The lowest BCUT2D eigenvalue weighted by molar-refractivity contribution is 0.0504. The van der Waals surface area contributed by atoms with Crippen LogP contribution in [0.3, 0.4) is 0 Å². The summed E-state index contributed by atoms with van der Waals surface area (Å²) in [4.78, 5) is 20.6. The molecule has 0 saturated heterocycles. The molecule has 1 aliphatic rings. The van der Waals surface area contributed by atoms with E-state index in [-0.39, 0.29) is 23.6 Å². The second kappa shape index (κ2) is 8.80. The molecule has 4 heterocycles. The Morgan fingerprint density at radius 3 is 2.42 bits per heavy atom. The lowest BCUT2D eigenvalue weighted by Gasteiger charge is -2.41. The number of amides is 1. The molecule has 0 N–H and O–H groups in total. The minimum atomic E-state index is -1.50. The summed E-state index contributed by atoms with van der Waals surface area (Å²) < 4.78 is 45.2. The third kappa shape index (κ3) is 3.60. The SMILES string of the molecule is CC[C@H]1Cc2c(nn(C)c2-c2cc(F)c(F)c(F)c2)[C@@H](CC)N1C(=O)c1c(C)nc2cc(C)ccn12. The van der Waals surface area contributed by atoms with Gasteiger partial charge < -0.3 is 4.90 Å². The summed E-state index contributed by atoms with van der Waals surface area (Å²) in [5.74, 6) is -4.11. The molecule has 1 aromatic carbocycles. The molecule has 9 heteroatoms. The maximum absolute atomic E-state index is 14.1. The molecule has 2 atom stereocenters. The first-order chi connectivity index (χ1) is 17.2. The van der Waals surface area contributed by atoms with Gasteiger partial charge in [0, 0.05) is 30.4 Å². The Hall–Kier alpha value is -3.62. The van der Waals surface area contributed by atoms with Crippen LogP contribution in [0, 0.1) is 31.3 Å². The summed E-state index contributed by atoms with van der Waals surface area (Å²) in [7, 11) is 1.70. The van der Waals surface area contributed by atoms with Gasteiger partial charge in [0.2, 0.25) is 0 Å².